The second-order valence-electron chi connectivity index (χ2n) is 12.3. The van der Waals surface area contributed by atoms with Gasteiger partial charge in [-0.3, -0.25) is 14.4 Å². The zero-order chi connectivity index (χ0) is 32.1. The van der Waals surface area contributed by atoms with Gasteiger partial charge in [-0.15, -0.1) is 0 Å². The van der Waals surface area contributed by atoms with Gasteiger partial charge in [0.05, 0.1) is 24.0 Å². The summed E-state index contributed by atoms with van der Waals surface area (Å²) in [6, 6.07) is 18.1. The number of hydrogen-bond donors (Lipinski definition) is 2. The second-order valence-corrected chi connectivity index (χ2v) is 12.3. The minimum Gasteiger partial charge on any atom is -0.508 e. The summed E-state index contributed by atoms with van der Waals surface area (Å²) >= 11 is 0. The topological polar surface area (TPSA) is 126 Å². The molecule has 0 fully saturated rings. The molecule has 2 aromatic carbocycles. The molecule has 0 saturated carbocycles. The van der Waals surface area contributed by atoms with Crippen molar-refractivity contribution in [3.8, 4) is 11.8 Å². The number of nitrogens with zero attached hydrogens (tertiary/aromatic N) is 1. The monoisotopic (exact) mass is 592 g/mol. The van der Waals surface area contributed by atoms with Crippen LogP contribution in [0, 0.1) is 33.5 Å². The SMILES string of the molecule is CCC(C)(CCC(C#N)CCC(C)(CCC(C)(CC)C(=O)OCc1ccccc1)C(=O)Nc1ccc(O)cc1)C(=O)OC. The molecule has 4 unspecified atom stereocenters. The van der Waals surface area contributed by atoms with Gasteiger partial charge in [0.2, 0.25) is 5.91 Å². The molecule has 0 aliphatic carbocycles. The summed E-state index contributed by atoms with van der Waals surface area (Å²) in [4.78, 5) is 39.4. The molecule has 234 valence electrons. The first-order chi connectivity index (χ1) is 20.3. The fourth-order valence-corrected chi connectivity index (χ4v) is 4.98. The Hall–Kier alpha value is -3.86. The molecule has 0 aromatic heterocycles. The van der Waals surface area contributed by atoms with E-state index in [0.29, 0.717) is 57.1 Å². The van der Waals surface area contributed by atoms with Gasteiger partial charge in [0.25, 0.3) is 0 Å². The van der Waals surface area contributed by atoms with Crippen molar-refractivity contribution in [3.05, 3.63) is 60.2 Å². The van der Waals surface area contributed by atoms with E-state index in [4.69, 9.17) is 9.47 Å². The number of nitrogens with one attached hydrogen (secondary N) is 1. The molecule has 0 radical (unpaired) electrons. The van der Waals surface area contributed by atoms with Crippen LogP contribution in [-0.2, 0) is 30.5 Å². The third kappa shape index (κ3) is 10.1. The van der Waals surface area contributed by atoms with Crippen LogP contribution < -0.4 is 5.32 Å². The zero-order valence-corrected chi connectivity index (χ0v) is 26.6. The lowest BCUT2D eigenvalue weighted by molar-refractivity contribution is -0.158. The number of esters is 2. The molecule has 43 heavy (non-hydrogen) atoms. The van der Waals surface area contributed by atoms with Gasteiger partial charge in [-0.05, 0) is 95.0 Å². The predicted molar refractivity (Wildman–Crippen MR) is 167 cm³/mol. The first kappa shape index (κ1) is 35.3. The largest absolute Gasteiger partial charge is 0.508 e. The number of benzene rings is 2. The Labute approximate surface area is 256 Å². The van der Waals surface area contributed by atoms with E-state index in [9.17, 15) is 24.8 Å². The molecule has 0 bridgehead atoms. The highest BCUT2D eigenvalue weighted by Gasteiger charge is 2.40. The minimum atomic E-state index is -0.903. The number of nitriles is 1. The lowest BCUT2D eigenvalue weighted by atomic mass is 9.71. The minimum absolute atomic E-state index is 0.0939. The third-order valence-electron chi connectivity index (χ3n) is 9.12. The van der Waals surface area contributed by atoms with E-state index in [1.165, 1.54) is 19.2 Å². The fourth-order valence-electron chi connectivity index (χ4n) is 4.98. The Kier molecular flexibility index (Phi) is 13.2. The zero-order valence-electron chi connectivity index (χ0n) is 26.6. The normalized spacial score (nSPS) is 15.9. The Balaban J connectivity index is 2.20. The first-order valence-electron chi connectivity index (χ1n) is 15.1. The van der Waals surface area contributed by atoms with Gasteiger partial charge >= 0.3 is 11.9 Å². The van der Waals surface area contributed by atoms with E-state index < -0.39 is 16.2 Å². The van der Waals surface area contributed by atoms with Crippen molar-refractivity contribution in [1.29, 1.82) is 5.26 Å². The number of carbonyl (C=O) groups is 3. The summed E-state index contributed by atoms with van der Waals surface area (Å²) in [5, 5.41) is 22.6. The van der Waals surface area contributed by atoms with Gasteiger partial charge in [-0.25, -0.2) is 0 Å². The van der Waals surface area contributed by atoms with Crippen LogP contribution in [-0.4, -0.2) is 30.1 Å². The van der Waals surface area contributed by atoms with E-state index in [1.54, 1.807) is 12.1 Å². The molecule has 0 saturated heterocycles. The van der Waals surface area contributed by atoms with Gasteiger partial charge < -0.3 is 19.9 Å². The van der Waals surface area contributed by atoms with Crippen molar-refractivity contribution in [2.24, 2.45) is 22.2 Å². The van der Waals surface area contributed by atoms with Gasteiger partial charge in [0.15, 0.2) is 0 Å². The smallest absolute Gasteiger partial charge is 0.312 e. The molecule has 8 nitrogen and oxygen atoms in total. The molecule has 2 rings (SSSR count). The summed E-state index contributed by atoms with van der Waals surface area (Å²) in [5.74, 6) is -1.08. The number of phenolic OH excluding ortho intramolecular Hbond substituents is 1. The highest BCUT2D eigenvalue weighted by molar-refractivity contribution is 5.95. The number of anilines is 1. The molecule has 0 aliphatic heterocycles. The molecular formula is C35H48N2O6. The van der Waals surface area contributed by atoms with Crippen molar-refractivity contribution < 1.29 is 29.0 Å². The maximum atomic E-state index is 13.8. The van der Waals surface area contributed by atoms with Gasteiger partial charge in [0, 0.05) is 17.0 Å². The van der Waals surface area contributed by atoms with Crippen LogP contribution in [0.25, 0.3) is 0 Å². The summed E-state index contributed by atoms with van der Waals surface area (Å²) < 4.78 is 10.7. The molecule has 4 atom stereocenters. The van der Waals surface area contributed by atoms with E-state index in [1.807, 2.05) is 65.0 Å². The number of methoxy groups -OCH3 is 1. The van der Waals surface area contributed by atoms with Crippen molar-refractivity contribution in [2.75, 3.05) is 12.4 Å². The molecule has 2 N–H and O–H groups in total. The van der Waals surface area contributed by atoms with E-state index >= 15 is 0 Å². The van der Waals surface area contributed by atoms with Crippen molar-refractivity contribution >= 4 is 23.5 Å². The van der Waals surface area contributed by atoms with E-state index in [0.717, 1.165) is 5.56 Å². The van der Waals surface area contributed by atoms with E-state index in [2.05, 4.69) is 11.4 Å². The lowest BCUT2D eigenvalue weighted by Crippen LogP contribution is -2.37. The van der Waals surface area contributed by atoms with Crippen molar-refractivity contribution in [2.45, 2.75) is 92.6 Å². The van der Waals surface area contributed by atoms with Gasteiger partial charge in [0.1, 0.15) is 12.4 Å². The van der Waals surface area contributed by atoms with Crippen LogP contribution in [0.15, 0.2) is 54.6 Å². The van der Waals surface area contributed by atoms with Crippen LogP contribution in [0.2, 0.25) is 0 Å². The first-order valence-corrected chi connectivity index (χ1v) is 15.1. The molecule has 2 aromatic rings. The number of amides is 1. The van der Waals surface area contributed by atoms with Gasteiger partial charge in [-0.2, -0.15) is 5.26 Å². The highest BCUT2D eigenvalue weighted by Crippen LogP contribution is 2.40. The number of hydrogen-bond acceptors (Lipinski definition) is 7. The van der Waals surface area contributed by atoms with Crippen LogP contribution in [0.4, 0.5) is 5.69 Å². The number of aromatic hydroxyl groups is 1. The molecule has 1 amide bonds. The molecular weight excluding hydrogens is 544 g/mol. The van der Waals surface area contributed by atoms with Crippen molar-refractivity contribution in [1.82, 2.24) is 0 Å². The average Bonchev–Trinajstić information content (AvgIpc) is 3.03. The van der Waals surface area contributed by atoms with E-state index in [-0.39, 0.29) is 36.1 Å². The average molecular weight is 593 g/mol. The fraction of sp³-hybridized carbons (Fsp3) is 0.543. The Morgan fingerprint density at radius 3 is 1.91 bits per heavy atom. The maximum absolute atomic E-state index is 13.8. The Morgan fingerprint density at radius 1 is 0.837 bits per heavy atom. The number of ether oxygens (including phenoxy) is 2. The number of rotatable bonds is 17. The lowest BCUT2D eigenvalue weighted by Gasteiger charge is -2.34. The Morgan fingerprint density at radius 2 is 1.37 bits per heavy atom. The molecule has 0 heterocycles. The van der Waals surface area contributed by atoms with Crippen LogP contribution >= 0.6 is 0 Å². The summed E-state index contributed by atoms with van der Waals surface area (Å²) in [5.41, 5.74) is -0.927. The summed E-state index contributed by atoms with van der Waals surface area (Å²) in [6.45, 7) is 9.64. The summed E-state index contributed by atoms with van der Waals surface area (Å²) in [7, 11) is 1.37. The Bertz CT molecular complexity index is 1240. The van der Waals surface area contributed by atoms with Crippen molar-refractivity contribution in [3.63, 3.8) is 0 Å². The third-order valence-corrected chi connectivity index (χ3v) is 9.12. The van der Waals surface area contributed by atoms with Crippen LogP contribution in [0.3, 0.4) is 0 Å². The predicted octanol–water partition coefficient (Wildman–Crippen LogP) is 7.57. The maximum Gasteiger partial charge on any atom is 0.312 e. The standard InChI is InChI=1S/C35H48N2O6/c1-7-33(3,31(40)42-6)20-18-26(24-36)19-21-35(5,30(39)37-28-14-16-29(38)17-15-28)23-22-34(4,8-2)32(41)43-25-27-12-10-9-11-13-27/h9-17,26,38H,7-8,18-23,25H2,1-6H3,(H,37,39). The van der Waals surface area contributed by atoms with Gasteiger partial charge in [-0.1, -0.05) is 51.1 Å². The number of phenols is 1. The quantitative estimate of drug-likeness (QED) is 0.143. The molecule has 0 aliphatic rings. The molecule has 8 heteroatoms. The second kappa shape index (κ2) is 16.1. The van der Waals surface area contributed by atoms with Crippen LogP contribution in [0.5, 0.6) is 5.75 Å². The highest BCUT2D eigenvalue weighted by atomic mass is 16.5. The molecule has 0 spiro atoms. The number of carbonyl (C=O) groups excluding carboxylic acids is 3. The van der Waals surface area contributed by atoms with Crippen LogP contribution in [0.1, 0.15) is 91.5 Å². The summed E-state index contributed by atoms with van der Waals surface area (Å²) in [6.07, 6.45) is 3.84.